The van der Waals surface area contributed by atoms with Crippen molar-refractivity contribution < 1.29 is 23.2 Å². The van der Waals surface area contributed by atoms with E-state index in [-0.39, 0.29) is 34.5 Å². The number of nitrogens with one attached hydrogen (secondary N) is 3. The highest BCUT2D eigenvalue weighted by atomic mass is 32.2. The summed E-state index contributed by atoms with van der Waals surface area (Å²) in [7, 11) is 0. The molecule has 2 unspecified atom stereocenters. The Morgan fingerprint density at radius 2 is 1.79 bits per heavy atom. The van der Waals surface area contributed by atoms with Crippen LogP contribution in [-0.2, 0) is 22.6 Å². The van der Waals surface area contributed by atoms with E-state index >= 15 is 0 Å². The summed E-state index contributed by atoms with van der Waals surface area (Å²) in [5.74, 6) is -0.438. The maximum atomic E-state index is 13.1. The lowest BCUT2D eigenvalue weighted by atomic mass is 10.1. The molecule has 170 valence electrons. The van der Waals surface area contributed by atoms with E-state index in [0.717, 1.165) is 11.1 Å². The van der Waals surface area contributed by atoms with Gasteiger partial charge in [-0.3, -0.25) is 14.4 Å². The van der Waals surface area contributed by atoms with Gasteiger partial charge in [-0.25, -0.2) is 4.39 Å². The van der Waals surface area contributed by atoms with Crippen LogP contribution in [0.3, 0.4) is 0 Å². The van der Waals surface area contributed by atoms with Gasteiger partial charge in [-0.1, -0.05) is 24.3 Å². The number of hydrogen-bond donors (Lipinski definition) is 3. The van der Waals surface area contributed by atoms with Gasteiger partial charge in [-0.15, -0.1) is 11.8 Å². The maximum absolute atomic E-state index is 13.1. The van der Waals surface area contributed by atoms with Crippen molar-refractivity contribution in [1.29, 1.82) is 0 Å². The zero-order valence-corrected chi connectivity index (χ0v) is 18.4. The largest absolute Gasteiger partial charge is 0.459 e. The van der Waals surface area contributed by atoms with Crippen LogP contribution in [0, 0.1) is 5.82 Å². The average Bonchev–Trinajstić information content (AvgIpc) is 3.36. The predicted octanol–water partition coefficient (Wildman–Crippen LogP) is 3.13. The molecule has 3 aromatic rings. The zero-order chi connectivity index (χ0) is 23.2. The van der Waals surface area contributed by atoms with Gasteiger partial charge in [0, 0.05) is 18.0 Å². The van der Waals surface area contributed by atoms with Gasteiger partial charge in [0.1, 0.15) is 11.9 Å². The summed E-state index contributed by atoms with van der Waals surface area (Å²) in [6, 6.07) is 15.7. The van der Waals surface area contributed by atoms with E-state index in [1.807, 2.05) is 0 Å². The summed E-state index contributed by atoms with van der Waals surface area (Å²) >= 11 is 1.42. The molecule has 3 N–H and O–H groups in total. The molecule has 0 bridgehead atoms. The fraction of sp³-hybridized carbons (Fsp3) is 0.208. The van der Waals surface area contributed by atoms with E-state index in [2.05, 4.69) is 16.0 Å². The third-order valence-corrected chi connectivity index (χ3v) is 6.46. The van der Waals surface area contributed by atoms with Crippen LogP contribution in [0.2, 0.25) is 0 Å². The van der Waals surface area contributed by atoms with Crippen LogP contribution in [-0.4, -0.2) is 34.8 Å². The molecule has 2 heterocycles. The summed E-state index contributed by atoms with van der Waals surface area (Å²) < 4.78 is 18.1. The highest BCUT2D eigenvalue weighted by Gasteiger charge is 2.32. The third-order valence-electron chi connectivity index (χ3n) is 5.15. The number of halogens is 1. The van der Waals surface area contributed by atoms with Crippen LogP contribution in [0.1, 0.15) is 21.7 Å². The molecule has 2 aromatic carbocycles. The van der Waals surface area contributed by atoms with Gasteiger partial charge in [-0.2, -0.15) is 0 Å². The first-order valence-electron chi connectivity index (χ1n) is 10.4. The standard InChI is InChI=1S/C24H22FN3O4S/c25-17-7-3-15(4-8-17)12-21-24(31)28-19(14-33-21)22(29)26-13-16-5-9-18(10-6-16)27-23(30)20-2-1-11-32-20/h1-11,19,21H,12-14H2,(H,26,29)(H,27,30)(H,28,31). The second-order valence-corrected chi connectivity index (χ2v) is 8.80. The number of benzene rings is 2. The number of rotatable bonds is 7. The Bertz CT molecular complexity index is 1120. The monoisotopic (exact) mass is 467 g/mol. The molecule has 1 aliphatic rings. The van der Waals surface area contributed by atoms with Gasteiger partial charge in [-0.05, 0) is 53.9 Å². The Hall–Kier alpha value is -3.59. The number of amides is 3. The molecule has 7 nitrogen and oxygen atoms in total. The fourth-order valence-electron chi connectivity index (χ4n) is 3.34. The van der Waals surface area contributed by atoms with Gasteiger partial charge in [0.15, 0.2) is 5.76 Å². The molecule has 1 saturated heterocycles. The van der Waals surface area contributed by atoms with Gasteiger partial charge >= 0.3 is 0 Å². The molecule has 33 heavy (non-hydrogen) atoms. The van der Waals surface area contributed by atoms with Gasteiger partial charge in [0.2, 0.25) is 11.8 Å². The smallest absolute Gasteiger partial charge is 0.291 e. The molecule has 2 atom stereocenters. The third kappa shape index (κ3) is 6.01. The van der Waals surface area contributed by atoms with E-state index in [1.54, 1.807) is 48.5 Å². The molecule has 0 spiro atoms. The van der Waals surface area contributed by atoms with Crippen molar-refractivity contribution in [2.24, 2.45) is 0 Å². The predicted molar refractivity (Wildman–Crippen MR) is 123 cm³/mol. The molecule has 3 amide bonds. The molecule has 0 saturated carbocycles. The number of carbonyl (C=O) groups excluding carboxylic acids is 3. The van der Waals surface area contributed by atoms with Gasteiger partial charge in [0.25, 0.3) is 5.91 Å². The van der Waals surface area contributed by atoms with Crippen LogP contribution in [0.4, 0.5) is 10.1 Å². The first-order chi connectivity index (χ1) is 16.0. The molecule has 1 aliphatic heterocycles. The number of furan rings is 1. The highest BCUT2D eigenvalue weighted by Crippen LogP contribution is 2.22. The molecular weight excluding hydrogens is 445 g/mol. The van der Waals surface area contributed by atoms with Crippen LogP contribution < -0.4 is 16.0 Å². The molecular formula is C24H22FN3O4S. The summed E-state index contributed by atoms with van der Waals surface area (Å²) in [4.78, 5) is 37.0. The van der Waals surface area contributed by atoms with Crippen molar-refractivity contribution in [1.82, 2.24) is 10.6 Å². The first kappa shape index (κ1) is 22.6. The summed E-state index contributed by atoms with van der Waals surface area (Å²) in [5, 5.41) is 8.02. The quantitative estimate of drug-likeness (QED) is 0.496. The van der Waals surface area contributed by atoms with Crippen molar-refractivity contribution in [3.8, 4) is 0 Å². The zero-order valence-electron chi connectivity index (χ0n) is 17.5. The Kier molecular flexibility index (Phi) is 7.09. The Labute approximate surface area is 194 Å². The normalized spacial score (nSPS) is 17.8. The minimum atomic E-state index is -0.612. The topological polar surface area (TPSA) is 100 Å². The molecule has 4 rings (SSSR count). The fourth-order valence-corrected chi connectivity index (χ4v) is 4.53. The number of anilines is 1. The van der Waals surface area contributed by atoms with E-state index in [4.69, 9.17) is 4.42 Å². The van der Waals surface area contributed by atoms with Gasteiger partial charge < -0.3 is 20.4 Å². The lowest BCUT2D eigenvalue weighted by Crippen LogP contribution is -2.54. The Morgan fingerprint density at radius 3 is 2.45 bits per heavy atom. The second kappa shape index (κ2) is 10.4. The molecule has 1 fully saturated rings. The number of thioether (sulfide) groups is 1. The first-order valence-corrected chi connectivity index (χ1v) is 11.4. The van der Waals surface area contributed by atoms with Crippen molar-refractivity contribution in [2.75, 3.05) is 11.1 Å². The van der Waals surface area contributed by atoms with Crippen LogP contribution in [0.15, 0.2) is 71.3 Å². The highest BCUT2D eigenvalue weighted by molar-refractivity contribution is 8.00. The molecule has 0 radical (unpaired) electrons. The van der Waals surface area contributed by atoms with E-state index in [1.165, 1.54) is 30.2 Å². The molecule has 1 aromatic heterocycles. The molecule has 9 heteroatoms. The number of hydrogen-bond acceptors (Lipinski definition) is 5. The lowest BCUT2D eigenvalue weighted by molar-refractivity contribution is -0.128. The van der Waals surface area contributed by atoms with Crippen molar-refractivity contribution in [3.05, 3.63) is 89.6 Å². The lowest BCUT2D eigenvalue weighted by Gasteiger charge is -2.28. The second-order valence-electron chi connectivity index (χ2n) is 7.56. The van der Waals surface area contributed by atoms with Crippen molar-refractivity contribution in [2.45, 2.75) is 24.3 Å². The minimum absolute atomic E-state index is 0.202. The van der Waals surface area contributed by atoms with Crippen LogP contribution >= 0.6 is 11.8 Å². The Balaban J connectivity index is 1.23. The van der Waals surface area contributed by atoms with E-state index in [9.17, 15) is 18.8 Å². The summed E-state index contributed by atoms with van der Waals surface area (Å²) in [6.45, 7) is 0.293. The average molecular weight is 468 g/mol. The van der Waals surface area contributed by atoms with Gasteiger partial charge in [0.05, 0.1) is 11.5 Å². The Morgan fingerprint density at radius 1 is 1.06 bits per heavy atom. The molecule has 0 aliphatic carbocycles. The van der Waals surface area contributed by atoms with Crippen molar-refractivity contribution >= 4 is 35.2 Å². The van der Waals surface area contributed by atoms with Crippen LogP contribution in [0.5, 0.6) is 0 Å². The summed E-state index contributed by atoms with van der Waals surface area (Å²) in [5.41, 5.74) is 2.33. The van der Waals surface area contributed by atoms with Crippen molar-refractivity contribution in [3.63, 3.8) is 0 Å². The summed E-state index contributed by atoms with van der Waals surface area (Å²) in [6.07, 6.45) is 1.91. The SMILES string of the molecule is O=C(Nc1ccc(CNC(=O)C2CSC(Cc3ccc(F)cc3)C(=O)N2)cc1)c1ccco1. The minimum Gasteiger partial charge on any atom is -0.459 e. The number of carbonyl (C=O) groups is 3. The van der Waals surface area contributed by atoms with E-state index < -0.39 is 6.04 Å². The maximum Gasteiger partial charge on any atom is 0.291 e. The van der Waals surface area contributed by atoms with E-state index in [0.29, 0.717) is 24.4 Å². The van der Waals surface area contributed by atoms with Crippen LogP contribution in [0.25, 0.3) is 0 Å².